The van der Waals surface area contributed by atoms with Crippen molar-refractivity contribution in [2.45, 2.75) is 0 Å². The predicted octanol–water partition coefficient (Wildman–Crippen LogP) is 3.46. The van der Waals surface area contributed by atoms with E-state index in [0.717, 1.165) is 11.3 Å². The molecule has 2 N–H and O–H groups in total. The number of thioether (sulfide) groups is 1. The zero-order valence-corrected chi connectivity index (χ0v) is 17.2. The highest BCUT2D eigenvalue weighted by molar-refractivity contribution is 8.17. The number of aliphatic imine (C=N–C) groups is 1. The molecule has 9 heteroatoms. The lowest BCUT2D eigenvalue weighted by Crippen LogP contribution is -2.38. The Bertz CT molecular complexity index is 1170. The lowest BCUT2D eigenvalue weighted by molar-refractivity contribution is -0.139. The maximum Gasteiger partial charge on any atom is 0.341 e. The number of nitrogens with zero attached hydrogens (tertiary/aromatic N) is 2. The van der Waals surface area contributed by atoms with Gasteiger partial charge in [-0.2, -0.15) is 4.99 Å². The van der Waals surface area contributed by atoms with Crippen LogP contribution < -0.4 is 9.47 Å². The number of amides is 1. The lowest BCUT2D eigenvalue weighted by atomic mass is 10.1. The van der Waals surface area contributed by atoms with E-state index in [0.29, 0.717) is 16.5 Å². The van der Waals surface area contributed by atoms with Crippen LogP contribution >= 0.6 is 11.8 Å². The molecule has 2 aromatic carbocycles. The number of amidine groups is 2. The van der Waals surface area contributed by atoms with Gasteiger partial charge in [0, 0.05) is 5.41 Å². The molecule has 31 heavy (non-hydrogen) atoms. The van der Waals surface area contributed by atoms with Gasteiger partial charge in [0.05, 0.1) is 18.4 Å². The third-order valence-corrected chi connectivity index (χ3v) is 5.36. The van der Waals surface area contributed by atoms with E-state index in [2.05, 4.69) is 4.99 Å². The van der Waals surface area contributed by atoms with Crippen LogP contribution in [0.15, 0.2) is 64.5 Å². The van der Waals surface area contributed by atoms with Gasteiger partial charge in [-0.1, -0.05) is 48.2 Å². The molecule has 156 valence electrons. The summed E-state index contributed by atoms with van der Waals surface area (Å²) in [7, 11) is 1.43. The fourth-order valence-corrected chi connectivity index (χ4v) is 4.00. The molecule has 0 aromatic heterocycles. The summed E-state index contributed by atoms with van der Waals surface area (Å²) in [4.78, 5) is 29.1. The Balaban J connectivity index is 1.66. The van der Waals surface area contributed by atoms with Crippen molar-refractivity contribution in [3.05, 3.63) is 70.6 Å². The molecule has 0 unspecified atom stereocenters. The molecule has 0 aliphatic carbocycles. The van der Waals surface area contributed by atoms with Crippen LogP contribution in [0.4, 0.5) is 0 Å². The second kappa shape index (κ2) is 8.49. The third-order valence-electron chi connectivity index (χ3n) is 4.53. The normalized spacial score (nSPS) is 16.7. The summed E-state index contributed by atoms with van der Waals surface area (Å²) in [5.41, 5.74) is 2.42. The summed E-state index contributed by atoms with van der Waals surface area (Å²) in [5, 5.41) is 19.8. The van der Waals surface area contributed by atoms with Gasteiger partial charge in [0.15, 0.2) is 23.3 Å². The van der Waals surface area contributed by atoms with Crippen LogP contribution in [0.2, 0.25) is 0 Å². The minimum atomic E-state index is -1.10. The van der Waals surface area contributed by atoms with Gasteiger partial charge in [0.25, 0.3) is 5.91 Å². The van der Waals surface area contributed by atoms with Gasteiger partial charge >= 0.3 is 5.97 Å². The summed E-state index contributed by atoms with van der Waals surface area (Å²) in [6.07, 6.45) is 1.56. The quantitative estimate of drug-likeness (QED) is 0.668. The maximum atomic E-state index is 12.6. The molecule has 4 rings (SSSR count). The van der Waals surface area contributed by atoms with Gasteiger partial charge in [-0.3, -0.25) is 15.1 Å². The number of methoxy groups -OCH3 is 1. The topological polar surface area (TPSA) is 112 Å². The summed E-state index contributed by atoms with van der Waals surface area (Å²) < 4.78 is 10.5. The first kappa shape index (κ1) is 20.4. The number of carboxylic acids is 1. The van der Waals surface area contributed by atoms with Crippen LogP contribution in [0.5, 0.6) is 11.5 Å². The van der Waals surface area contributed by atoms with E-state index in [1.54, 1.807) is 29.2 Å². The summed E-state index contributed by atoms with van der Waals surface area (Å²) in [5.74, 6) is -0.996. The molecule has 0 saturated carbocycles. The molecule has 1 amide bonds. The van der Waals surface area contributed by atoms with Crippen LogP contribution in [0, 0.1) is 5.41 Å². The maximum absolute atomic E-state index is 12.6. The number of fused-ring (bicyclic) bond motifs is 1. The van der Waals surface area contributed by atoms with Crippen molar-refractivity contribution in [1.29, 1.82) is 5.41 Å². The van der Waals surface area contributed by atoms with Crippen molar-refractivity contribution in [3.63, 3.8) is 0 Å². The average Bonchev–Trinajstić information content (AvgIpc) is 3.20. The molecule has 0 radical (unpaired) electrons. The number of carboxylic acid groups (broad SMARTS) is 1. The number of rotatable bonds is 6. The standard InChI is InChI=1S/C22H17N3O5S/c1-29-18-10-13(7-8-17(18)30-11-19(26)27)9-15-20(23)25-16(14-5-3-2-4-6-14)12-31-22(25)24-21(15)28/h2-10,12,23H,11H2,1H3,(H,26,27)/b15-9+,23-20?. The first-order valence-corrected chi connectivity index (χ1v) is 10.0. The van der Waals surface area contributed by atoms with Gasteiger partial charge in [0.1, 0.15) is 5.84 Å². The largest absolute Gasteiger partial charge is 0.493 e. The molecule has 2 aliphatic rings. The van der Waals surface area contributed by atoms with E-state index in [-0.39, 0.29) is 17.2 Å². The van der Waals surface area contributed by atoms with Crippen molar-refractivity contribution >= 4 is 46.4 Å². The molecule has 2 aliphatic heterocycles. The van der Waals surface area contributed by atoms with Crippen molar-refractivity contribution in [3.8, 4) is 11.5 Å². The Morgan fingerprint density at radius 1 is 1.23 bits per heavy atom. The Labute approximate surface area is 182 Å². The highest BCUT2D eigenvalue weighted by Crippen LogP contribution is 2.37. The van der Waals surface area contributed by atoms with Crippen LogP contribution in [0.1, 0.15) is 11.1 Å². The van der Waals surface area contributed by atoms with Crippen LogP contribution in [-0.2, 0) is 9.59 Å². The molecule has 0 fully saturated rings. The highest BCUT2D eigenvalue weighted by Gasteiger charge is 2.36. The van der Waals surface area contributed by atoms with Gasteiger partial charge in [0.2, 0.25) is 0 Å². The van der Waals surface area contributed by atoms with E-state index < -0.39 is 18.5 Å². The zero-order chi connectivity index (χ0) is 22.0. The third kappa shape index (κ3) is 4.08. The van der Waals surface area contributed by atoms with E-state index >= 15 is 0 Å². The average molecular weight is 435 g/mol. The lowest BCUT2D eigenvalue weighted by Gasteiger charge is -2.27. The molecule has 0 atom stereocenters. The second-order valence-electron chi connectivity index (χ2n) is 6.52. The van der Waals surface area contributed by atoms with Crippen molar-refractivity contribution in [2.24, 2.45) is 4.99 Å². The molecule has 2 aromatic rings. The Hall–Kier alpha value is -3.85. The summed E-state index contributed by atoms with van der Waals surface area (Å²) in [6, 6.07) is 14.4. The van der Waals surface area contributed by atoms with Crippen molar-refractivity contribution in [2.75, 3.05) is 13.7 Å². The Morgan fingerprint density at radius 2 is 2.00 bits per heavy atom. The number of carbonyl (C=O) groups excluding carboxylic acids is 1. The second-order valence-corrected chi connectivity index (χ2v) is 7.36. The SMILES string of the molecule is COc1cc(/C=C2\C(=N)N3C(c4ccccc4)=CSC3=NC2=O)ccc1OCC(=O)O. The van der Waals surface area contributed by atoms with Crippen molar-refractivity contribution in [1.82, 2.24) is 4.90 Å². The van der Waals surface area contributed by atoms with Crippen molar-refractivity contribution < 1.29 is 24.2 Å². The number of hydrogen-bond acceptors (Lipinski definition) is 6. The Morgan fingerprint density at radius 3 is 2.71 bits per heavy atom. The van der Waals surface area contributed by atoms with E-state index in [1.807, 2.05) is 35.7 Å². The first-order valence-electron chi connectivity index (χ1n) is 9.16. The number of benzene rings is 2. The molecule has 0 saturated heterocycles. The van der Waals surface area contributed by atoms with E-state index in [1.165, 1.54) is 18.9 Å². The fourth-order valence-electron chi connectivity index (χ4n) is 3.11. The molecule has 2 heterocycles. The number of nitrogens with one attached hydrogen (secondary N) is 1. The van der Waals surface area contributed by atoms with Crippen LogP contribution in [0.25, 0.3) is 11.8 Å². The first-order chi connectivity index (χ1) is 15.0. The van der Waals surface area contributed by atoms with Gasteiger partial charge < -0.3 is 14.6 Å². The molecular formula is C22H17N3O5S. The molecule has 0 bridgehead atoms. The highest BCUT2D eigenvalue weighted by atomic mass is 32.2. The van der Waals surface area contributed by atoms with Gasteiger partial charge in [-0.25, -0.2) is 4.79 Å². The summed E-state index contributed by atoms with van der Waals surface area (Å²) in [6.45, 7) is -0.501. The fraction of sp³-hybridized carbons (Fsp3) is 0.0909. The van der Waals surface area contributed by atoms with E-state index in [9.17, 15) is 9.59 Å². The monoisotopic (exact) mass is 435 g/mol. The number of carbonyl (C=O) groups is 2. The minimum absolute atomic E-state index is 0.0280. The number of hydrogen-bond donors (Lipinski definition) is 2. The van der Waals surface area contributed by atoms with E-state index in [4.69, 9.17) is 20.0 Å². The summed E-state index contributed by atoms with van der Waals surface area (Å²) >= 11 is 1.30. The van der Waals surface area contributed by atoms with Gasteiger partial charge in [-0.05, 0) is 29.3 Å². The minimum Gasteiger partial charge on any atom is -0.493 e. The van der Waals surface area contributed by atoms with Gasteiger partial charge in [-0.15, -0.1) is 0 Å². The predicted molar refractivity (Wildman–Crippen MR) is 118 cm³/mol. The number of ether oxygens (including phenoxy) is 2. The zero-order valence-electron chi connectivity index (χ0n) is 16.4. The Kier molecular flexibility index (Phi) is 5.59. The van der Waals surface area contributed by atoms with Crippen LogP contribution in [-0.4, -0.2) is 46.6 Å². The van der Waals surface area contributed by atoms with Crippen LogP contribution in [0.3, 0.4) is 0 Å². The molecule has 0 spiro atoms. The molecular weight excluding hydrogens is 418 g/mol. The smallest absolute Gasteiger partial charge is 0.341 e. The number of aliphatic carboxylic acids is 1. The molecule has 8 nitrogen and oxygen atoms in total.